The number of likely N-dealkylation sites (tertiary alicyclic amines) is 1. The Morgan fingerprint density at radius 1 is 1.32 bits per heavy atom. The molecular formula is C15H20F2N2O5S. The number of β-amino-alcohol motifs (C(OH)–C–C–N with tert-alkyl or cyclic N) is 1. The number of benzene rings is 1. The summed E-state index contributed by atoms with van der Waals surface area (Å²) in [5.41, 5.74) is -0.760. The molecule has 0 aromatic heterocycles. The van der Waals surface area contributed by atoms with Gasteiger partial charge in [-0.15, -0.1) is 0 Å². The van der Waals surface area contributed by atoms with E-state index in [4.69, 9.17) is 4.74 Å². The molecule has 2 atom stereocenters. The van der Waals surface area contributed by atoms with E-state index in [0.29, 0.717) is 0 Å². The fraction of sp³-hybridized carbons (Fsp3) is 0.533. The van der Waals surface area contributed by atoms with Gasteiger partial charge in [0.2, 0.25) is 10.0 Å². The van der Waals surface area contributed by atoms with E-state index in [1.807, 2.05) is 0 Å². The Labute approximate surface area is 144 Å². The second-order valence-electron chi connectivity index (χ2n) is 6.06. The molecular weight excluding hydrogens is 358 g/mol. The fourth-order valence-corrected chi connectivity index (χ4v) is 3.80. The summed E-state index contributed by atoms with van der Waals surface area (Å²) in [6.45, 7) is -0.310. The number of aliphatic hydroxyl groups excluding tert-OH is 1. The van der Waals surface area contributed by atoms with Crippen LogP contribution in [0.5, 0.6) is 5.75 Å². The molecule has 1 fully saturated rings. The third-order valence-electron chi connectivity index (χ3n) is 4.14. The number of sulfonamides is 1. The van der Waals surface area contributed by atoms with Crippen molar-refractivity contribution in [2.75, 3.05) is 40.0 Å². The maximum absolute atomic E-state index is 14.0. The van der Waals surface area contributed by atoms with Gasteiger partial charge in [-0.25, -0.2) is 21.5 Å². The first-order valence-corrected chi connectivity index (χ1v) is 9.08. The van der Waals surface area contributed by atoms with E-state index in [2.05, 4.69) is 0 Å². The molecule has 1 amide bonds. The lowest BCUT2D eigenvalue weighted by molar-refractivity contribution is 0.0755. The SMILES string of the molecule is COc1cc(F)c(C(=O)N2C[C@@H](CS(=O)(=O)N(C)C)[C@@H](O)C2)c(F)c1. The van der Waals surface area contributed by atoms with Gasteiger partial charge < -0.3 is 14.7 Å². The largest absolute Gasteiger partial charge is 0.497 e. The summed E-state index contributed by atoms with van der Waals surface area (Å²) in [7, 11) is 0.381. The zero-order chi connectivity index (χ0) is 18.9. The number of methoxy groups -OCH3 is 1. The van der Waals surface area contributed by atoms with E-state index in [-0.39, 0.29) is 24.6 Å². The minimum atomic E-state index is -3.58. The van der Waals surface area contributed by atoms with Crippen LogP contribution in [0.3, 0.4) is 0 Å². The van der Waals surface area contributed by atoms with Crippen molar-refractivity contribution >= 4 is 15.9 Å². The third kappa shape index (κ3) is 4.07. The lowest BCUT2D eigenvalue weighted by Gasteiger charge is -2.18. The smallest absolute Gasteiger partial charge is 0.259 e. The van der Waals surface area contributed by atoms with Crippen LogP contribution in [0.15, 0.2) is 12.1 Å². The second-order valence-corrected chi connectivity index (χ2v) is 8.29. The number of ether oxygens (including phenoxy) is 1. The van der Waals surface area contributed by atoms with Crippen LogP contribution in [0, 0.1) is 17.6 Å². The van der Waals surface area contributed by atoms with E-state index in [9.17, 15) is 27.1 Å². The van der Waals surface area contributed by atoms with Gasteiger partial charge in [-0.05, 0) is 0 Å². The number of carbonyl (C=O) groups excluding carboxylic acids is 1. The van der Waals surface area contributed by atoms with Gasteiger partial charge in [-0.2, -0.15) is 0 Å². The van der Waals surface area contributed by atoms with Gasteiger partial charge in [0, 0.05) is 45.2 Å². The van der Waals surface area contributed by atoms with E-state index in [1.165, 1.54) is 21.2 Å². The summed E-state index contributed by atoms with van der Waals surface area (Å²) < 4.78 is 57.7. The van der Waals surface area contributed by atoms with Crippen molar-refractivity contribution in [1.29, 1.82) is 0 Å². The van der Waals surface area contributed by atoms with E-state index < -0.39 is 45.2 Å². The molecule has 1 aliphatic heterocycles. The minimum Gasteiger partial charge on any atom is -0.497 e. The Morgan fingerprint density at radius 3 is 2.36 bits per heavy atom. The Hall–Kier alpha value is -1.78. The van der Waals surface area contributed by atoms with Crippen LogP contribution in [0.25, 0.3) is 0 Å². The number of carbonyl (C=O) groups is 1. The third-order valence-corrected chi connectivity index (χ3v) is 6.10. The standard InChI is InChI=1S/C15H20F2N2O5S/c1-18(2)25(22,23)8-9-6-19(7-13(9)20)15(21)14-11(16)4-10(24-3)5-12(14)17/h4-5,9,13,20H,6-8H2,1-3H3/t9-,13-/m0/s1. The van der Waals surface area contributed by atoms with Gasteiger partial charge in [-0.1, -0.05) is 0 Å². The maximum atomic E-state index is 14.0. The molecule has 140 valence electrons. The van der Waals surface area contributed by atoms with Crippen molar-refractivity contribution in [3.63, 3.8) is 0 Å². The molecule has 0 spiro atoms. The predicted octanol–water partition coefficient (Wildman–Crippen LogP) is 0.298. The van der Waals surface area contributed by atoms with Gasteiger partial charge in [0.15, 0.2) is 0 Å². The van der Waals surface area contributed by atoms with E-state index in [0.717, 1.165) is 21.3 Å². The molecule has 1 saturated heterocycles. The molecule has 1 heterocycles. The van der Waals surface area contributed by atoms with Crippen molar-refractivity contribution in [3.05, 3.63) is 29.3 Å². The van der Waals surface area contributed by atoms with Crippen LogP contribution < -0.4 is 4.74 Å². The van der Waals surface area contributed by atoms with Crippen molar-refractivity contribution in [1.82, 2.24) is 9.21 Å². The molecule has 1 aromatic carbocycles. The highest BCUT2D eigenvalue weighted by Crippen LogP contribution is 2.26. The monoisotopic (exact) mass is 378 g/mol. The van der Waals surface area contributed by atoms with Gasteiger partial charge in [-0.3, -0.25) is 4.79 Å². The number of aliphatic hydroxyl groups is 1. The summed E-state index contributed by atoms with van der Waals surface area (Å²) in [5.74, 6) is -4.27. The summed E-state index contributed by atoms with van der Waals surface area (Å²) in [5, 5.41) is 10.0. The van der Waals surface area contributed by atoms with Crippen molar-refractivity contribution in [3.8, 4) is 5.75 Å². The Morgan fingerprint density at radius 2 is 1.88 bits per heavy atom. The Balaban J connectivity index is 2.20. The fourth-order valence-electron chi connectivity index (χ4n) is 2.63. The van der Waals surface area contributed by atoms with Gasteiger partial charge in [0.25, 0.3) is 5.91 Å². The predicted molar refractivity (Wildman–Crippen MR) is 85.8 cm³/mol. The Kier molecular flexibility index (Phi) is 5.65. The van der Waals surface area contributed by atoms with Crippen LogP contribution >= 0.6 is 0 Å². The second kappa shape index (κ2) is 7.22. The first-order chi connectivity index (χ1) is 11.6. The number of amides is 1. The van der Waals surface area contributed by atoms with Crippen molar-refractivity contribution in [2.24, 2.45) is 5.92 Å². The first kappa shape index (κ1) is 19.5. The number of hydrogen-bond donors (Lipinski definition) is 1. The molecule has 1 aromatic rings. The summed E-state index contributed by atoms with van der Waals surface area (Å²) >= 11 is 0. The minimum absolute atomic E-state index is 0.0667. The van der Waals surface area contributed by atoms with Crippen LogP contribution in [-0.2, 0) is 10.0 Å². The molecule has 0 bridgehead atoms. The molecule has 10 heteroatoms. The molecule has 0 unspecified atom stereocenters. The molecule has 1 aliphatic rings. The number of halogens is 2. The van der Waals surface area contributed by atoms with Gasteiger partial charge >= 0.3 is 0 Å². The molecule has 0 aliphatic carbocycles. The van der Waals surface area contributed by atoms with E-state index >= 15 is 0 Å². The molecule has 7 nitrogen and oxygen atoms in total. The summed E-state index contributed by atoms with van der Waals surface area (Å²) in [6.07, 6.45) is -1.09. The van der Waals surface area contributed by atoms with Gasteiger partial charge in [0.05, 0.1) is 19.0 Å². The van der Waals surface area contributed by atoms with Crippen molar-refractivity contribution < 1.29 is 31.8 Å². The quantitative estimate of drug-likeness (QED) is 0.796. The normalized spacial score (nSPS) is 21.0. The highest BCUT2D eigenvalue weighted by molar-refractivity contribution is 7.89. The summed E-state index contributed by atoms with van der Waals surface area (Å²) in [6, 6.07) is 1.77. The van der Waals surface area contributed by atoms with Crippen LogP contribution in [0.4, 0.5) is 8.78 Å². The number of rotatable bonds is 5. The summed E-state index contributed by atoms with van der Waals surface area (Å²) in [4.78, 5) is 13.5. The average Bonchev–Trinajstić information content (AvgIpc) is 2.86. The molecule has 1 N–H and O–H groups in total. The van der Waals surface area contributed by atoms with Crippen LogP contribution in [-0.4, -0.2) is 74.8 Å². The Bertz CT molecular complexity index is 746. The highest BCUT2D eigenvalue weighted by atomic mass is 32.2. The average molecular weight is 378 g/mol. The zero-order valence-corrected chi connectivity index (χ0v) is 14.9. The number of hydrogen-bond acceptors (Lipinski definition) is 5. The maximum Gasteiger partial charge on any atom is 0.259 e. The van der Waals surface area contributed by atoms with Gasteiger partial charge in [0.1, 0.15) is 22.9 Å². The zero-order valence-electron chi connectivity index (χ0n) is 14.1. The van der Waals surface area contributed by atoms with E-state index in [1.54, 1.807) is 0 Å². The lowest BCUT2D eigenvalue weighted by Crippen LogP contribution is -2.34. The van der Waals surface area contributed by atoms with Crippen LogP contribution in [0.2, 0.25) is 0 Å². The van der Waals surface area contributed by atoms with Crippen molar-refractivity contribution in [2.45, 2.75) is 6.10 Å². The lowest BCUT2D eigenvalue weighted by atomic mass is 10.1. The number of nitrogens with zero attached hydrogens (tertiary/aromatic N) is 2. The molecule has 25 heavy (non-hydrogen) atoms. The first-order valence-electron chi connectivity index (χ1n) is 7.47. The highest BCUT2D eigenvalue weighted by Gasteiger charge is 2.38. The molecule has 2 rings (SSSR count). The molecule has 0 saturated carbocycles. The van der Waals surface area contributed by atoms with Crippen LogP contribution in [0.1, 0.15) is 10.4 Å². The molecule has 0 radical (unpaired) electrons. The topological polar surface area (TPSA) is 87.2 Å².